The Morgan fingerprint density at radius 2 is 1.66 bits per heavy atom. The Kier molecular flexibility index (Phi) is 7.98. The summed E-state index contributed by atoms with van der Waals surface area (Å²) >= 11 is 5.89. The topological polar surface area (TPSA) is 95.5 Å². The van der Waals surface area contributed by atoms with Crippen LogP contribution in [0.3, 0.4) is 0 Å². The molecule has 0 aliphatic carbocycles. The molecule has 0 saturated heterocycles. The molecule has 2 aromatic rings. The molecular weight excluding hydrogens is 392 g/mol. The largest absolute Gasteiger partial charge is 0.480 e. The van der Waals surface area contributed by atoms with Gasteiger partial charge in [0.2, 0.25) is 0 Å². The van der Waals surface area contributed by atoms with Crippen molar-refractivity contribution >= 4 is 35.5 Å². The van der Waals surface area contributed by atoms with Crippen molar-refractivity contribution in [3.63, 3.8) is 0 Å². The number of benzene rings is 2. The van der Waals surface area contributed by atoms with E-state index in [1.165, 1.54) is 6.08 Å². The third-order valence-corrected chi connectivity index (χ3v) is 4.27. The highest BCUT2D eigenvalue weighted by Gasteiger charge is 2.24. The molecule has 0 aliphatic heterocycles. The highest BCUT2D eigenvalue weighted by Crippen LogP contribution is 2.13. The Labute approximate surface area is 174 Å². The van der Waals surface area contributed by atoms with E-state index >= 15 is 0 Å². The standard InChI is InChI=1S/C22H23ClN2O4/c1-14(2)12-19(22(28)29)25-21(27)18(13-15-8-10-17(23)11-9-15)24-20(26)16-6-4-3-5-7-16/h3-11,13-14,19H,12H2,1-2H3,(H,24,26)(H,25,27)(H,28,29)/b18-13-. The average Bonchev–Trinajstić information content (AvgIpc) is 2.68. The van der Waals surface area contributed by atoms with E-state index in [1.54, 1.807) is 54.6 Å². The van der Waals surface area contributed by atoms with Gasteiger partial charge in [-0.25, -0.2) is 4.79 Å². The van der Waals surface area contributed by atoms with Gasteiger partial charge in [-0.15, -0.1) is 0 Å². The van der Waals surface area contributed by atoms with Gasteiger partial charge in [-0.3, -0.25) is 9.59 Å². The fraction of sp³-hybridized carbons (Fsp3) is 0.227. The molecule has 0 bridgehead atoms. The summed E-state index contributed by atoms with van der Waals surface area (Å²) in [6, 6.07) is 14.0. The number of nitrogens with one attached hydrogen (secondary N) is 2. The number of carbonyl (C=O) groups is 3. The van der Waals surface area contributed by atoms with Gasteiger partial charge in [0.15, 0.2) is 0 Å². The van der Waals surface area contributed by atoms with Crippen molar-refractivity contribution in [1.82, 2.24) is 10.6 Å². The lowest BCUT2D eigenvalue weighted by Crippen LogP contribution is -2.45. The van der Waals surface area contributed by atoms with Crippen molar-refractivity contribution < 1.29 is 19.5 Å². The maximum absolute atomic E-state index is 12.8. The first-order valence-corrected chi connectivity index (χ1v) is 9.51. The molecule has 0 aliphatic rings. The smallest absolute Gasteiger partial charge is 0.326 e. The molecule has 3 N–H and O–H groups in total. The molecule has 29 heavy (non-hydrogen) atoms. The van der Waals surface area contributed by atoms with Gasteiger partial charge in [0, 0.05) is 10.6 Å². The monoisotopic (exact) mass is 414 g/mol. The predicted molar refractivity (Wildman–Crippen MR) is 112 cm³/mol. The molecule has 2 aromatic carbocycles. The molecule has 2 rings (SSSR count). The summed E-state index contributed by atoms with van der Waals surface area (Å²) in [5.74, 6) is -2.22. The van der Waals surface area contributed by atoms with E-state index < -0.39 is 23.8 Å². The molecule has 7 heteroatoms. The van der Waals surface area contributed by atoms with Crippen LogP contribution in [0.2, 0.25) is 5.02 Å². The van der Waals surface area contributed by atoms with E-state index in [1.807, 2.05) is 13.8 Å². The van der Waals surface area contributed by atoms with Gasteiger partial charge in [-0.2, -0.15) is 0 Å². The van der Waals surface area contributed by atoms with Crippen LogP contribution in [0.15, 0.2) is 60.3 Å². The molecule has 0 aromatic heterocycles. The van der Waals surface area contributed by atoms with E-state index in [-0.39, 0.29) is 18.0 Å². The van der Waals surface area contributed by atoms with Gasteiger partial charge in [-0.1, -0.05) is 55.8 Å². The normalized spacial score (nSPS) is 12.3. The number of aliphatic carboxylic acids is 1. The molecule has 0 radical (unpaired) electrons. The zero-order chi connectivity index (χ0) is 21.4. The Hall–Kier alpha value is -3.12. The molecule has 0 saturated carbocycles. The first kappa shape index (κ1) is 22.2. The maximum atomic E-state index is 12.8. The van der Waals surface area contributed by atoms with E-state index in [0.717, 1.165) is 0 Å². The number of hydrogen-bond donors (Lipinski definition) is 3. The van der Waals surface area contributed by atoms with Crippen LogP contribution in [0.5, 0.6) is 0 Å². The number of carboxylic acid groups (broad SMARTS) is 1. The summed E-state index contributed by atoms with van der Waals surface area (Å²) in [7, 11) is 0. The summed E-state index contributed by atoms with van der Waals surface area (Å²) < 4.78 is 0. The number of halogens is 1. The molecule has 6 nitrogen and oxygen atoms in total. The van der Waals surface area contributed by atoms with Crippen LogP contribution >= 0.6 is 11.6 Å². The Morgan fingerprint density at radius 1 is 1.03 bits per heavy atom. The Morgan fingerprint density at radius 3 is 2.21 bits per heavy atom. The summed E-state index contributed by atoms with van der Waals surface area (Å²) in [4.78, 5) is 36.8. The van der Waals surface area contributed by atoms with Gasteiger partial charge in [-0.05, 0) is 48.2 Å². The zero-order valence-electron chi connectivity index (χ0n) is 16.2. The minimum atomic E-state index is -1.13. The molecule has 1 unspecified atom stereocenters. The second-order valence-corrected chi connectivity index (χ2v) is 7.36. The molecule has 152 valence electrons. The van der Waals surface area contributed by atoms with Crippen LogP contribution in [-0.2, 0) is 9.59 Å². The minimum Gasteiger partial charge on any atom is -0.480 e. The molecule has 1 atom stereocenters. The van der Waals surface area contributed by atoms with Gasteiger partial charge in [0.25, 0.3) is 11.8 Å². The third kappa shape index (κ3) is 7.08. The number of carboxylic acids is 1. The van der Waals surface area contributed by atoms with Crippen LogP contribution < -0.4 is 10.6 Å². The van der Waals surface area contributed by atoms with E-state index in [0.29, 0.717) is 16.1 Å². The van der Waals surface area contributed by atoms with Crippen LogP contribution in [0, 0.1) is 5.92 Å². The highest BCUT2D eigenvalue weighted by atomic mass is 35.5. The van der Waals surface area contributed by atoms with Crippen LogP contribution in [0.1, 0.15) is 36.2 Å². The Balaban J connectivity index is 2.30. The second kappa shape index (κ2) is 10.4. The molecule has 0 fully saturated rings. The number of carbonyl (C=O) groups excluding carboxylic acids is 2. The maximum Gasteiger partial charge on any atom is 0.326 e. The Bertz CT molecular complexity index is 893. The van der Waals surface area contributed by atoms with Crippen molar-refractivity contribution in [2.45, 2.75) is 26.3 Å². The SMILES string of the molecule is CC(C)CC(NC(=O)/C(=C/c1ccc(Cl)cc1)NC(=O)c1ccccc1)C(=O)O. The van der Waals surface area contributed by atoms with Gasteiger partial charge in [0.05, 0.1) is 0 Å². The van der Waals surface area contributed by atoms with Crippen LogP contribution in [0.4, 0.5) is 0 Å². The third-order valence-electron chi connectivity index (χ3n) is 4.02. The molecule has 0 heterocycles. The van der Waals surface area contributed by atoms with Gasteiger partial charge < -0.3 is 15.7 Å². The lowest BCUT2D eigenvalue weighted by atomic mass is 10.0. The molecule has 0 spiro atoms. The fourth-order valence-electron chi connectivity index (χ4n) is 2.60. The van der Waals surface area contributed by atoms with Gasteiger partial charge in [0.1, 0.15) is 11.7 Å². The van der Waals surface area contributed by atoms with Crippen molar-refractivity contribution in [1.29, 1.82) is 0 Å². The first-order chi connectivity index (χ1) is 13.8. The first-order valence-electron chi connectivity index (χ1n) is 9.13. The lowest BCUT2D eigenvalue weighted by Gasteiger charge is -2.18. The second-order valence-electron chi connectivity index (χ2n) is 6.92. The van der Waals surface area contributed by atoms with E-state index in [4.69, 9.17) is 11.6 Å². The van der Waals surface area contributed by atoms with Crippen molar-refractivity contribution in [2.24, 2.45) is 5.92 Å². The molecular formula is C22H23ClN2O4. The fourth-order valence-corrected chi connectivity index (χ4v) is 2.72. The van der Waals surface area contributed by atoms with Gasteiger partial charge >= 0.3 is 5.97 Å². The van der Waals surface area contributed by atoms with Crippen LogP contribution in [0.25, 0.3) is 6.08 Å². The van der Waals surface area contributed by atoms with E-state index in [9.17, 15) is 19.5 Å². The highest BCUT2D eigenvalue weighted by molar-refractivity contribution is 6.30. The predicted octanol–water partition coefficient (Wildman–Crippen LogP) is 3.73. The minimum absolute atomic E-state index is 0.0591. The summed E-state index contributed by atoms with van der Waals surface area (Å²) in [5, 5.41) is 15.0. The number of amides is 2. The van der Waals surface area contributed by atoms with Crippen LogP contribution in [-0.4, -0.2) is 28.9 Å². The quantitative estimate of drug-likeness (QED) is 0.573. The number of hydrogen-bond acceptors (Lipinski definition) is 3. The zero-order valence-corrected chi connectivity index (χ0v) is 16.9. The lowest BCUT2D eigenvalue weighted by molar-refractivity contribution is -0.141. The summed E-state index contributed by atoms with van der Waals surface area (Å²) in [6.07, 6.45) is 1.74. The van der Waals surface area contributed by atoms with Crippen molar-refractivity contribution in [2.75, 3.05) is 0 Å². The van der Waals surface area contributed by atoms with Crippen molar-refractivity contribution in [3.05, 3.63) is 76.4 Å². The van der Waals surface area contributed by atoms with Crippen molar-refractivity contribution in [3.8, 4) is 0 Å². The summed E-state index contributed by atoms with van der Waals surface area (Å²) in [5.41, 5.74) is 0.944. The van der Waals surface area contributed by atoms with E-state index in [2.05, 4.69) is 10.6 Å². The summed E-state index contributed by atoms with van der Waals surface area (Å²) in [6.45, 7) is 3.73. The molecule has 2 amide bonds. The average molecular weight is 415 g/mol. The number of rotatable bonds is 8.